The number of hydrogen-bond acceptors (Lipinski definition) is 3. The molecule has 0 fully saturated rings. The summed E-state index contributed by atoms with van der Waals surface area (Å²) in [6.07, 6.45) is 1.56. The average molecular weight is 401 g/mol. The molecule has 3 aromatic rings. The van der Waals surface area contributed by atoms with Crippen molar-refractivity contribution in [3.05, 3.63) is 82.3 Å². The van der Waals surface area contributed by atoms with Gasteiger partial charge in [0.05, 0.1) is 12.6 Å². The Labute approximate surface area is 152 Å². The Morgan fingerprint density at radius 2 is 1.96 bits per heavy atom. The van der Waals surface area contributed by atoms with Gasteiger partial charge in [0, 0.05) is 10.0 Å². The molecule has 1 aromatic heterocycles. The molecule has 0 bridgehead atoms. The number of nitrogens with zero attached hydrogens (tertiary/aromatic N) is 1. The van der Waals surface area contributed by atoms with E-state index in [1.54, 1.807) is 18.2 Å². The molecular formula is C19H14BrFN2O2. The van der Waals surface area contributed by atoms with E-state index in [1.807, 2.05) is 30.3 Å². The lowest BCUT2D eigenvalue weighted by molar-refractivity contribution is -0.120. The van der Waals surface area contributed by atoms with Gasteiger partial charge in [-0.15, -0.1) is 0 Å². The largest absolute Gasteiger partial charge is 0.455 e. The van der Waals surface area contributed by atoms with E-state index in [4.69, 9.17) is 4.42 Å². The molecule has 1 amide bonds. The van der Waals surface area contributed by atoms with Crippen molar-refractivity contribution in [3.63, 3.8) is 0 Å². The molecule has 0 saturated carbocycles. The van der Waals surface area contributed by atoms with Gasteiger partial charge in [-0.2, -0.15) is 5.10 Å². The monoisotopic (exact) mass is 400 g/mol. The number of nitrogens with one attached hydrogen (secondary N) is 1. The fourth-order valence-corrected chi connectivity index (χ4v) is 2.61. The molecule has 6 heteroatoms. The van der Waals surface area contributed by atoms with Crippen LogP contribution in [-0.2, 0) is 11.2 Å². The molecule has 2 aromatic carbocycles. The maximum Gasteiger partial charge on any atom is 0.244 e. The van der Waals surface area contributed by atoms with Gasteiger partial charge < -0.3 is 4.42 Å². The molecule has 126 valence electrons. The number of halogens is 2. The first-order valence-electron chi connectivity index (χ1n) is 7.52. The standard InChI is InChI=1S/C19H14BrFN2O2/c20-15-3-1-2-14(11-15)18-9-8-17(25-18)12-22-23-19(24)10-13-4-6-16(21)7-5-13/h1-9,11-12H,10H2,(H,23,24)/b22-12+. The van der Waals surface area contributed by atoms with Crippen molar-refractivity contribution in [2.75, 3.05) is 0 Å². The zero-order valence-electron chi connectivity index (χ0n) is 13.1. The normalized spacial score (nSPS) is 11.0. The quantitative estimate of drug-likeness (QED) is 0.504. The smallest absolute Gasteiger partial charge is 0.244 e. The minimum Gasteiger partial charge on any atom is -0.455 e. The summed E-state index contributed by atoms with van der Waals surface area (Å²) < 4.78 is 19.5. The Bertz CT molecular complexity index is 904. The van der Waals surface area contributed by atoms with Crippen LogP contribution >= 0.6 is 15.9 Å². The van der Waals surface area contributed by atoms with E-state index in [0.29, 0.717) is 17.1 Å². The van der Waals surface area contributed by atoms with Crippen LogP contribution in [0.2, 0.25) is 0 Å². The second kappa shape index (κ2) is 7.90. The van der Waals surface area contributed by atoms with Crippen LogP contribution in [0.3, 0.4) is 0 Å². The lowest BCUT2D eigenvalue weighted by Crippen LogP contribution is -2.19. The van der Waals surface area contributed by atoms with Gasteiger partial charge >= 0.3 is 0 Å². The van der Waals surface area contributed by atoms with E-state index in [9.17, 15) is 9.18 Å². The van der Waals surface area contributed by atoms with Crippen molar-refractivity contribution in [1.82, 2.24) is 5.43 Å². The predicted octanol–water partition coefficient (Wildman–Crippen LogP) is 4.54. The van der Waals surface area contributed by atoms with Gasteiger partial charge in [-0.1, -0.05) is 40.2 Å². The van der Waals surface area contributed by atoms with Gasteiger partial charge in [0.2, 0.25) is 5.91 Å². The SMILES string of the molecule is O=C(Cc1ccc(F)cc1)N/N=C/c1ccc(-c2cccc(Br)c2)o1. The second-order valence-electron chi connectivity index (χ2n) is 5.31. The van der Waals surface area contributed by atoms with Gasteiger partial charge in [0.15, 0.2) is 0 Å². The fraction of sp³-hybridized carbons (Fsp3) is 0.0526. The van der Waals surface area contributed by atoms with Crippen LogP contribution in [0.5, 0.6) is 0 Å². The first-order valence-corrected chi connectivity index (χ1v) is 8.31. The average Bonchev–Trinajstić information content (AvgIpc) is 3.06. The van der Waals surface area contributed by atoms with E-state index < -0.39 is 0 Å². The minimum atomic E-state index is -0.332. The molecule has 0 aliphatic carbocycles. The fourth-order valence-electron chi connectivity index (χ4n) is 2.21. The maximum absolute atomic E-state index is 12.8. The number of carbonyl (C=O) groups excluding carboxylic acids is 1. The van der Waals surface area contributed by atoms with Crippen LogP contribution in [0.1, 0.15) is 11.3 Å². The molecule has 0 aliphatic heterocycles. The number of hydrazone groups is 1. The molecular weight excluding hydrogens is 387 g/mol. The van der Waals surface area contributed by atoms with Crippen molar-refractivity contribution in [2.45, 2.75) is 6.42 Å². The summed E-state index contributed by atoms with van der Waals surface area (Å²) in [5.74, 6) is 0.611. The second-order valence-corrected chi connectivity index (χ2v) is 6.22. The molecule has 0 atom stereocenters. The minimum absolute atomic E-state index is 0.124. The Kier molecular flexibility index (Phi) is 5.40. The van der Waals surface area contributed by atoms with E-state index in [1.165, 1.54) is 18.3 Å². The summed E-state index contributed by atoms with van der Waals surface area (Å²) in [5, 5.41) is 3.88. The molecule has 0 aliphatic rings. The Morgan fingerprint density at radius 1 is 1.16 bits per heavy atom. The molecule has 1 heterocycles. The lowest BCUT2D eigenvalue weighted by Gasteiger charge is -2.00. The van der Waals surface area contributed by atoms with Crippen molar-refractivity contribution >= 4 is 28.1 Å². The zero-order valence-corrected chi connectivity index (χ0v) is 14.7. The van der Waals surface area contributed by atoms with Crippen molar-refractivity contribution in [3.8, 4) is 11.3 Å². The summed E-state index contributed by atoms with van der Waals surface area (Å²) in [6, 6.07) is 17.1. The highest BCUT2D eigenvalue weighted by Gasteiger charge is 2.05. The number of rotatable bonds is 5. The highest BCUT2D eigenvalue weighted by molar-refractivity contribution is 9.10. The van der Waals surface area contributed by atoms with Crippen LogP contribution in [0.25, 0.3) is 11.3 Å². The molecule has 0 saturated heterocycles. The number of hydrogen-bond donors (Lipinski definition) is 1. The Balaban J connectivity index is 1.57. The van der Waals surface area contributed by atoms with Crippen LogP contribution < -0.4 is 5.43 Å². The number of benzene rings is 2. The Morgan fingerprint density at radius 3 is 2.72 bits per heavy atom. The molecule has 1 N–H and O–H groups in total. The van der Waals surface area contributed by atoms with Gasteiger partial charge in [0.1, 0.15) is 17.3 Å². The van der Waals surface area contributed by atoms with Gasteiger partial charge in [0.25, 0.3) is 0 Å². The van der Waals surface area contributed by atoms with E-state index in [0.717, 1.165) is 10.0 Å². The topological polar surface area (TPSA) is 54.6 Å². The molecule has 3 rings (SSSR count). The summed E-state index contributed by atoms with van der Waals surface area (Å²) in [7, 11) is 0. The van der Waals surface area contributed by atoms with E-state index in [-0.39, 0.29) is 18.1 Å². The van der Waals surface area contributed by atoms with Gasteiger partial charge in [-0.05, 0) is 42.0 Å². The number of furan rings is 1. The summed E-state index contributed by atoms with van der Waals surface area (Å²) >= 11 is 3.42. The first-order chi connectivity index (χ1) is 12.1. The van der Waals surface area contributed by atoms with Crippen molar-refractivity contribution < 1.29 is 13.6 Å². The number of carbonyl (C=O) groups is 1. The molecule has 4 nitrogen and oxygen atoms in total. The Hall–Kier alpha value is -2.73. The van der Waals surface area contributed by atoms with Crippen LogP contribution in [-0.4, -0.2) is 12.1 Å². The summed E-state index contributed by atoms with van der Waals surface area (Å²) in [4.78, 5) is 11.8. The van der Waals surface area contributed by atoms with Crippen LogP contribution in [0.4, 0.5) is 4.39 Å². The zero-order chi connectivity index (χ0) is 17.6. The van der Waals surface area contributed by atoms with E-state index in [2.05, 4.69) is 26.5 Å². The molecule has 0 spiro atoms. The van der Waals surface area contributed by atoms with Crippen LogP contribution in [0.15, 0.2) is 74.7 Å². The van der Waals surface area contributed by atoms with Gasteiger partial charge in [-0.25, -0.2) is 9.82 Å². The molecule has 0 unspecified atom stereocenters. The molecule has 0 radical (unpaired) electrons. The highest BCUT2D eigenvalue weighted by Crippen LogP contribution is 2.24. The van der Waals surface area contributed by atoms with Gasteiger partial charge in [-0.3, -0.25) is 4.79 Å². The third-order valence-electron chi connectivity index (χ3n) is 3.39. The van der Waals surface area contributed by atoms with Crippen molar-refractivity contribution in [2.24, 2.45) is 5.10 Å². The summed E-state index contributed by atoms with van der Waals surface area (Å²) in [5.41, 5.74) is 4.07. The maximum atomic E-state index is 12.8. The van der Waals surface area contributed by atoms with E-state index >= 15 is 0 Å². The first kappa shape index (κ1) is 17.1. The third-order valence-corrected chi connectivity index (χ3v) is 3.89. The lowest BCUT2D eigenvalue weighted by atomic mass is 10.1. The van der Waals surface area contributed by atoms with Crippen LogP contribution in [0, 0.1) is 5.82 Å². The predicted molar refractivity (Wildman–Crippen MR) is 97.7 cm³/mol. The van der Waals surface area contributed by atoms with Crippen molar-refractivity contribution in [1.29, 1.82) is 0 Å². The third kappa shape index (κ3) is 4.87. The number of amides is 1. The molecule has 25 heavy (non-hydrogen) atoms. The highest BCUT2D eigenvalue weighted by atomic mass is 79.9. The summed E-state index contributed by atoms with van der Waals surface area (Å²) in [6.45, 7) is 0.